The van der Waals surface area contributed by atoms with Gasteiger partial charge in [0.25, 0.3) is 5.91 Å². The number of nitrogens with zero attached hydrogens (tertiary/aromatic N) is 1. The third-order valence-electron chi connectivity index (χ3n) is 3.42. The predicted octanol–water partition coefficient (Wildman–Crippen LogP) is 2.78. The van der Waals surface area contributed by atoms with E-state index in [9.17, 15) is 4.79 Å². The van der Waals surface area contributed by atoms with Crippen molar-refractivity contribution < 1.29 is 9.53 Å². The Morgan fingerprint density at radius 3 is 2.61 bits per heavy atom. The van der Waals surface area contributed by atoms with E-state index < -0.39 is 0 Å². The normalized spacial score (nSPS) is 23.8. The zero-order valence-corrected chi connectivity index (χ0v) is 11.5. The molecule has 0 bridgehead atoms. The molecule has 0 saturated carbocycles. The molecule has 1 saturated heterocycles. The van der Waals surface area contributed by atoms with Crippen LogP contribution in [0.25, 0.3) is 0 Å². The molecule has 1 aliphatic heterocycles. The number of alkyl halides is 1. The zero-order valence-electron chi connectivity index (χ0n) is 10.7. The van der Waals surface area contributed by atoms with Crippen molar-refractivity contribution in [3.63, 3.8) is 0 Å². The van der Waals surface area contributed by atoms with Crippen molar-refractivity contribution in [2.24, 2.45) is 5.92 Å². The van der Waals surface area contributed by atoms with E-state index >= 15 is 0 Å². The van der Waals surface area contributed by atoms with Gasteiger partial charge in [0, 0.05) is 24.0 Å². The van der Waals surface area contributed by atoms with Crippen LogP contribution in [-0.4, -0.2) is 36.4 Å². The molecule has 0 radical (unpaired) electrons. The summed E-state index contributed by atoms with van der Waals surface area (Å²) in [5, 5.41) is 0.185. The number of ether oxygens (including phenoxy) is 1. The minimum absolute atomic E-state index is 0.0769. The zero-order chi connectivity index (χ0) is 13.1. The topological polar surface area (TPSA) is 29.5 Å². The Kier molecular flexibility index (Phi) is 4.12. The van der Waals surface area contributed by atoms with Gasteiger partial charge in [-0.2, -0.15) is 0 Å². The van der Waals surface area contributed by atoms with Crippen LogP contribution in [-0.2, 0) is 0 Å². The van der Waals surface area contributed by atoms with Gasteiger partial charge >= 0.3 is 0 Å². The molecular formula is C14H18ClNO2. The molecule has 1 aromatic carbocycles. The second-order valence-corrected chi connectivity index (χ2v) is 5.32. The van der Waals surface area contributed by atoms with Gasteiger partial charge in [0.05, 0.1) is 7.11 Å². The Hall–Kier alpha value is -1.22. The Bertz CT molecular complexity index is 418. The fraction of sp³-hybridized carbons (Fsp3) is 0.500. The number of carbonyl (C=O) groups is 1. The molecule has 0 spiro atoms. The van der Waals surface area contributed by atoms with E-state index in [-0.39, 0.29) is 11.3 Å². The van der Waals surface area contributed by atoms with Crippen LogP contribution in [0.15, 0.2) is 24.3 Å². The molecule has 18 heavy (non-hydrogen) atoms. The van der Waals surface area contributed by atoms with Gasteiger partial charge in [0.15, 0.2) is 0 Å². The van der Waals surface area contributed by atoms with E-state index in [1.165, 1.54) is 0 Å². The Balaban J connectivity index is 2.06. The maximum Gasteiger partial charge on any atom is 0.253 e. The molecule has 1 heterocycles. The lowest BCUT2D eigenvalue weighted by Gasteiger charge is -2.34. The van der Waals surface area contributed by atoms with Crippen LogP contribution in [0, 0.1) is 5.92 Å². The monoisotopic (exact) mass is 267 g/mol. The molecule has 4 heteroatoms. The highest BCUT2D eigenvalue weighted by Crippen LogP contribution is 2.23. The van der Waals surface area contributed by atoms with E-state index in [0.29, 0.717) is 11.5 Å². The van der Waals surface area contributed by atoms with E-state index in [2.05, 4.69) is 6.92 Å². The van der Waals surface area contributed by atoms with Crippen molar-refractivity contribution in [3.8, 4) is 5.75 Å². The average molecular weight is 268 g/mol. The number of methoxy groups -OCH3 is 1. The van der Waals surface area contributed by atoms with E-state index in [1.807, 2.05) is 17.0 Å². The second kappa shape index (κ2) is 5.61. The Morgan fingerprint density at radius 2 is 2.06 bits per heavy atom. The largest absolute Gasteiger partial charge is 0.497 e. The van der Waals surface area contributed by atoms with Crippen molar-refractivity contribution in [2.75, 3.05) is 20.2 Å². The van der Waals surface area contributed by atoms with E-state index in [0.717, 1.165) is 25.3 Å². The van der Waals surface area contributed by atoms with Gasteiger partial charge < -0.3 is 9.64 Å². The lowest BCUT2D eigenvalue weighted by Crippen LogP contribution is -2.43. The molecule has 0 N–H and O–H groups in total. The average Bonchev–Trinajstić information content (AvgIpc) is 2.41. The van der Waals surface area contributed by atoms with Crippen molar-refractivity contribution >= 4 is 17.5 Å². The van der Waals surface area contributed by atoms with Gasteiger partial charge in [0.2, 0.25) is 0 Å². The lowest BCUT2D eigenvalue weighted by atomic mass is 9.99. The Labute approximate surface area is 113 Å². The highest BCUT2D eigenvalue weighted by molar-refractivity contribution is 6.20. The molecule has 98 valence electrons. The summed E-state index contributed by atoms with van der Waals surface area (Å²) in [4.78, 5) is 14.2. The predicted molar refractivity (Wildman–Crippen MR) is 72.3 cm³/mol. The maximum absolute atomic E-state index is 12.3. The lowest BCUT2D eigenvalue weighted by molar-refractivity contribution is 0.0687. The summed E-state index contributed by atoms with van der Waals surface area (Å²) in [6.45, 7) is 3.56. The molecule has 0 aromatic heterocycles. The number of halogens is 1. The quantitative estimate of drug-likeness (QED) is 0.771. The second-order valence-electron chi connectivity index (χ2n) is 4.76. The van der Waals surface area contributed by atoms with Crippen molar-refractivity contribution in [3.05, 3.63) is 29.8 Å². The van der Waals surface area contributed by atoms with Crippen LogP contribution in [0.5, 0.6) is 5.75 Å². The third-order valence-corrected chi connectivity index (χ3v) is 4.07. The van der Waals surface area contributed by atoms with Crippen LogP contribution in [0.2, 0.25) is 0 Å². The summed E-state index contributed by atoms with van der Waals surface area (Å²) in [5.41, 5.74) is 0.705. The molecule has 1 aromatic rings. The molecule has 1 amide bonds. The van der Waals surface area contributed by atoms with E-state index in [4.69, 9.17) is 16.3 Å². The number of carbonyl (C=O) groups excluding carboxylic acids is 1. The number of hydrogen-bond acceptors (Lipinski definition) is 2. The summed E-state index contributed by atoms with van der Waals surface area (Å²) in [5.74, 6) is 1.19. The number of hydrogen-bond donors (Lipinski definition) is 0. The van der Waals surface area contributed by atoms with Crippen LogP contribution < -0.4 is 4.74 Å². The van der Waals surface area contributed by atoms with Gasteiger partial charge in [0.1, 0.15) is 5.75 Å². The number of likely N-dealkylation sites (tertiary alicyclic amines) is 1. The van der Waals surface area contributed by atoms with Crippen molar-refractivity contribution in [1.82, 2.24) is 4.90 Å². The molecule has 1 fully saturated rings. The molecule has 2 unspecified atom stereocenters. The fourth-order valence-corrected chi connectivity index (χ4v) is 2.39. The van der Waals surface area contributed by atoms with Crippen molar-refractivity contribution in [2.45, 2.75) is 18.7 Å². The van der Waals surface area contributed by atoms with Crippen LogP contribution >= 0.6 is 11.6 Å². The maximum atomic E-state index is 12.3. The number of amides is 1. The third kappa shape index (κ3) is 2.78. The highest BCUT2D eigenvalue weighted by Gasteiger charge is 2.27. The highest BCUT2D eigenvalue weighted by atomic mass is 35.5. The summed E-state index contributed by atoms with van der Waals surface area (Å²) in [7, 11) is 1.61. The smallest absolute Gasteiger partial charge is 0.253 e. The minimum Gasteiger partial charge on any atom is -0.497 e. The first-order valence-electron chi connectivity index (χ1n) is 6.19. The van der Waals surface area contributed by atoms with Crippen LogP contribution in [0.1, 0.15) is 23.7 Å². The van der Waals surface area contributed by atoms with Crippen LogP contribution in [0.4, 0.5) is 0 Å². The summed E-state index contributed by atoms with van der Waals surface area (Å²) in [6.07, 6.45) is 0.866. The van der Waals surface area contributed by atoms with Gasteiger partial charge in [-0.15, -0.1) is 11.6 Å². The summed E-state index contributed by atoms with van der Waals surface area (Å²) < 4.78 is 5.08. The Morgan fingerprint density at radius 1 is 1.39 bits per heavy atom. The molecule has 1 aliphatic rings. The fourth-order valence-electron chi connectivity index (χ4n) is 2.22. The molecular weight excluding hydrogens is 250 g/mol. The number of benzene rings is 1. The van der Waals surface area contributed by atoms with Crippen LogP contribution in [0.3, 0.4) is 0 Å². The summed E-state index contributed by atoms with van der Waals surface area (Å²) in [6, 6.07) is 7.23. The van der Waals surface area contributed by atoms with E-state index in [1.54, 1.807) is 19.2 Å². The summed E-state index contributed by atoms with van der Waals surface area (Å²) >= 11 is 6.17. The molecule has 3 nitrogen and oxygen atoms in total. The van der Waals surface area contributed by atoms with Crippen molar-refractivity contribution in [1.29, 1.82) is 0 Å². The standard InChI is InChI=1S/C14H18ClNO2/c1-10-9-16(8-7-13(10)15)14(17)11-3-5-12(18-2)6-4-11/h3-6,10,13H,7-9H2,1-2H3. The molecule has 0 aliphatic carbocycles. The first-order valence-corrected chi connectivity index (χ1v) is 6.63. The minimum atomic E-state index is 0.0769. The first-order chi connectivity index (χ1) is 8.61. The van der Waals surface area contributed by atoms with Gasteiger partial charge in [-0.05, 0) is 36.6 Å². The number of rotatable bonds is 2. The molecule has 2 rings (SSSR count). The van der Waals surface area contributed by atoms with Gasteiger partial charge in [-0.25, -0.2) is 0 Å². The molecule has 2 atom stereocenters. The van der Waals surface area contributed by atoms with Gasteiger partial charge in [-0.1, -0.05) is 6.92 Å². The number of piperidine rings is 1. The first kappa shape index (κ1) is 13.2. The van der Waals surface area contributed by atoms with Gasteiger partial charge in [-0.3, -0.25) is 4.79 Å². The SMILES string of the molecule is COc1ccc(C(=O)N2CCC(Cl)C(C)C2)cc1.